The maximum absolute atomic E-state index is 12.9. The molecule has 7 nitrogen and oxygen atoms in total. The normalized spacial score (nSPS) is 13.6. The topological polar surface area (TPSA) is 68.8 Å². The molecule has 3 heterocycles. The van der Waals surface area contributed by atoms with E-state index in [0.717, 1.165) is 45.7 Å². The molecular weight excluding hydrogens is 408 g/mol. The van der Waals surface area contributed by atoms with E-state index in [4.69, 9.17) is 16.7 Å². The van der Waals surface area contributed by atoms with Gasteiger partial charge in [0.1, 0.15) is 5.69 Å². The molecule has 0 fully saturated rings. The largest absolute Gasteiger partial charge is 0.338 e. The molecule has 0 N–H and O–H groups in total. The third kappa shape index (κ3) is 3.79. The summed E-state index contributed by atoms with van der Waals surface area (Å²) in [6.07, 6.45) is 1.06. The van der Waals surface area contributed by atoms with Crippen LogP contribution in [-0.2, 0) is 38.3 Å². The molecule has 1 amide bonds. The number of nitrogens with zero attached hydrogens (tertiary/aromatic N) is 6. The van der Waals surface area contributed by atoms with Crippen molar-refractivity contribution in [2.75, 3.05) is 12.3 Å². The first-order chi connectivity index (χ1) is 14.0. The second-order valence-corrected chi connectivity index (χ2v) is 8.67. The highest BCUT2D eigenvalue weighted by molar-refractivity contribution is 7.99. The molecule has 9 heteroatoms. The van der Waals surface area contributed by atoms with Crippen LogP contribution in [-0.4, -0.2) is 47.6 Å². The van der Waals surface area contributed by atoms with Crippen molar-refractivity contribution in [2.45, 2.75) is 31.5 Å². The monoisotopic (exact) mass is 430 g/mol. The fourth-order valence-corrected chi connectivity index (χ4v) is 4.52. The molecule has 152 valence electrons. The Morgan fingerprint density at radius 3 is 2.79 bits per heavy atom. The number of halogens is 1. The van der Waals surface area contributed by atoms with E-state index in [1.807, 2.05) is 52.5 Å². The molecule has 1 aliphatic rings. The minimum Gasteiger partial charge on any atom is -0.338 e. The van der Waals surface area contributed by atoms with Gasteiger partial charge in [-0.3, -0.25) is 9.48 Å². The maximum atomic E-state index is 12.9. The average Bonchev–Trinajstić information content (AvgIpc) is 3.23. The third-order valence-electron chi connectivity index (χ3n) is 5.21. The Hall–Kier alpha value is -2.32. The number of aromatic nitrogens is 5. The number of carbonyl (C=O) groups excluding carboxylic acids is 1. The van der Waals surface area contributed by atoms with Gasteiger partial charge in [0, 0.05) is 49.9 Å². The van der Waals surface area contributed by atoms with E-state index >= 15 is 0 Å². The molecule has 0 aliphatic carbocycles. The van der Waals surface area contributed by atoms with E-state index in [1.165, 1.54) is 0 Å². The van der Waals surface area contributed by atoms with E-state index in [1.54, 1.807) is 11.8 Å². The van der Waals surface area contributed by atoms with E-state index < -0.39 is 0 Å². The van der Waals surface area contributed by atoms with Gasteiger partial charge < -0.3 is 9.47 Å². The molecule has 4 rings (SSSR count). The molecule has 0 atom stereocenters. The van der Waals surface area contributed by atoms with Crippen LogP contribution in [0.15, 0.2) is 29.4 Å². The molecular formula is C20H23ClN6OS. The zero-order valence-electron chi connectivity index (χ0n) is 16.7. The molecule has 0 spiro atoms. The van der Waals surface area contributed by atoms with Crippen molar-refractivity contribution < 1.29 is 4.79 Å². The Morgan fingerprint density at radius 2 is 2.03 bits per heavy atom. The van der Waals surface area contributed by atoms with Crippen LogP contribution in [0.5, 0.6) is 0 Å². The van der Waals surface area contributed by atoms with Crippen molar-refractivity contribution >= 4 is 29.3 Å². The van der Waals surface area contributed by atoms with Gasteiger partial charge in [-0.2, -0.15) is 5.10 Å². The Morgan fingerprint density at radius 1 is 1.24 bits per heavy atom. The summed E-state index contributed by atoms with van der Waals surface area (Å²) in [5.74, 6) is 1.73. The lowest BCUT2D eigenvalue weighted by atomic mass is 10.0. The molecule has 0 unspecified atom stereocenters. The minimum absolute atomic E-state index is 0.0683. The number of fused-ring (bicyclic) bond motifs is 1. The molecule has 2 aromatic heterocycles. The van der Waals surface area contributed by atoms with E-state index in [9.17, 15) is 4.79 Å². The summed E-state index contributed by atoms with van der Waals surface area (Å²) in [4.78, 5) is 14.8. The van der Waals surface area contributed by atoms with Crippen molar-refractivity contribution in [1.82, 2.24) is 29.4 Å². The number of amides is 1. The van der Waals surface area contributed by atoms with Crippen LogP contribution in [0.3, 0.4) is 0 Å². The van der Waals surface area contributed by atoms with Crippen LogP contribution < -0.4 is 0 Å². The number of thioether (sulfide) groups is 1. The van der Waals surface area contributed by atoms with Gasteiger partial charge in [-0.05, 0) is 17.4 Å². The predicted octanol–water partition coefficient (Wildman–Crippen LogP) is 3.11. The average molecular weight is 431 g/mol. The second-order valence-electron chi connectivity index (χ2n) is 7.03. The zero-order valence-corrected chi connectivity index (χ0v) is 18.3. The highest BCUT2D eigenvalue weighted by Crippen LogP contribution is 2.30. The fraction of sp³-hybridized carbons (Fsp3) is 0.400. The lowest BCUT2D eigenvalue weighted by Gasteiger charge is -2.28. The highest BCUT2D eigenvalue weighted by atomic mass is 35.5. The molecule has 0 saturated carbocycles. The third-order valence-corrected chi connectivity index (χ3v) is 6.49. The van der Waals surface area contributed by atoms with E-state index in [2.05, 4.69) is 17.1 Å². The van der Waals surface area contributed by atoms with Gasteiger partial charge in [-0.1, -0.05) is 48.5 Å². The molecule has 1 aromatic carbocycles. The van der Waals surface area contributed by atoms with Crippen LogP contribution in [0.25, 0.3) is 11.5 Å². The Balaban J connectivity index is 1.61. The van der Waals surface area contributed by atoms with Crippen molar-refractivity contribution in [3.63, 3.8) is 0 Å². The van der Waals surface area contributed by atoms with Crippen LogP contribution in [0, 0.1) is 0 Å². The van der Waals surface area contributed by atoms with Gasteiger partial charge in [0.25, 0.3) is 0 Å². The first-order valence-corrected chi connectivity index (χ1v) is 10.9. The van der Waals surface area contributed by atoms with E-state index in [0.29, 0.717) is 24.5 Å². The van der Waals surface area contributed by atoms with E-state index in [-0.39, 0.29) is 5.91 Å². The second kappa shape index (κ2) is 8.20. The smallest absolute Gasteiger partial charge is 0.227 e. The molecule has 0 saturated heterocycles. The summed E-state index contributed by atoms with van der Waals surface area (Å²) in [5, 5.41) is 14.9. The Kier molecular flexibility index (Phi) is 5.65. The molecule has 1 aliphatic heterocycles. The molecule has 3 aromatic rings. The number of aryl methyl sites for hydroxylation is 1. The zero-order chi connectivity index (χ0) is 20.5. The van der Waals surface area contributed by atoms with Gasteiger partial charge in [0.15, 0.2) is 11.0 Å². The standard InChI is InChI=1S/C20H23ClN6OS/c1-4-29-20-23-22-19(25(20)2)18-14-12-27(10-9-16(14)26(3)24-18)17(28)11-13-7-5-6-8-15(13)21/h5-8H,4,9-12H2,1-3H3. The van der Waals surface area contributed by atoms with Gasteiger partial charge in [0.2, 0.25) is 5.91 Å². The molecule has 29 heavy (non-hydrogen) atoms. The fourth-order valence-electron chi connectivity index (χ4n) is 3.68. The van der Waals surface area contributed by atoms with Gasteiger partial charge in [-0.25, -0.2) is 0 Å². The lowest BCUT2D eigenvalue weighted by molar-refractivity contribution is -0.131. The van der Waals surface area contributed by atoms with Crippen molar-refractivity contribution in [1.29, 1.82) is 0 Å². The first-order valence-electron chi connectivity index (χ1n) is 9.58. The Bertz CT molecular complexity index is 1060. The maximum Gasteiger partial charge on any atom is 0.227 e. The summed E-state index contributed by atoms with van der Waals surface area (Å²) < 4.78 is 3.88. The Labute approximate surface area is 179 Å². The summed E-state index contributed by atoms with van der Waals surface area (Å²) in [6.45, 7) is 3.28. The van der Waals surface area contributed by atoms with Crippen molar-refractivity contribution in [3.8, 4) is 11.5 Å². The first kappa shape index (κ1) is 20.0. The highest BCUT2D eigenvalue weighted by Gasteiger charge is 2.29. The van der Waals surface area contributed by atoms with Gasteiger partial charge in [-0.15, -0.1) is 10.2 Å². The van der Waals surface area contributed by atoms with Crippen LogP contribution in [0.2, 0.25) is 5.02 Å². The number of hydrogen-bond donors (Lipinski definition) is 0. The predicted molar refractivity (Wildman–Crippen MR) is 114 cm³/mol. The van der Waals surface area contributed by atoms with Crippen LogP contribution >= 0.6 is 23.4 Å². The van der Waals surface area contributed by atoms with Crippen LogP contribution in [0.4, 0.5) is 0 Å². The molecule has 0 radical (unpaired) electrons. The lowest BCUT2D eigenvalue weighted by Crippen LogP contribution is -2.37. The summed E-state index contributed by atoms with van der Waals surface area (Å²) in [5.41, 5.74) is 3.85. The SMILES string of the molecule is CCSc1nnc(-c2nn(C)c3c2CN(C(=O)Cc2ccccc2Cl)CC3)n1C. The number of benzene rings is 1. The number of carbonyl (C=O) groups is 1. The minimum atomic E-state index is 0.0683. The van der Waals surface area contributed by atoms with Gasteiger partial charge in [0.05, 0.1) is 6.42 Å². The van der Waals surface area contributed by atoms with Crippen LogP contribution in [0.1, 0.15) is 23.7 Å². The summed E-state index contributed by atoms with van der Waals surface area (Å²) in [6, 6.07) is 7.49. The van der Waals surface area contributed by atoms with Crippen molar-refractivity contribution in [3.05, 3.63) is 46.1 Å². The van der Waals surface area contributed by atoms with Gasteiger partial charge >= 0.3 is 0 Å². The van der Waals surface area contributed by atoms with Crippen molar-refractivity contribution in [2.24, 2.45) is 14.1 Å². The molecule has 0 bridgehead atoms. The number of rotatable bonds is 5. The summed E-state index contributed by atoms with van der Waals surface area (Å²) >= 11 is 7.89. The quantitative estimate of drug-likeness (QED) is 0.582. The summed E-state index contributed by atoms with van der Waals surface area (Å²) in [7, 11) is 3.90. The number of hydrogen-bond acceptors (Lipinski definition) is 5.